The molecule has 35 heavy (non-hydrogen) atoms. The highest BCUT2D eigenvalue weighted by molar-refractivity contribution is 9.10. The zero-order chi connectivity index (χ0) is 23.8. The summed E-state index contributed by atoms with van der Waals surface area (Å²) in [7, 11) is 1.63. The topological polar surface area (TPSA) is 74.1 Å². The molecule has 11 heteroatoms. The number of para-hydroxylation sites is 1. The molecule has 1 aromatic heterocycles. The third kappa shape index (κ3) is 7.35. The van der Waals surface area contributed by atoms with Gasteiger partial charge in [0.2, 0.25) is 5.16 Å². The maximum absolute atomic E-state index is 6.24. The number of hydrogen-bond donors (Lipinski definition) is 1. The monoisotopic (exact) mass is 595 g/mol. The first-order chi connectivity index (χ1) is 16.7. The smallest absolute Gasteiger partial charge is 0.214 e. The number of hydrogen-bond acceptors (Lipinski definition) is 7. The standard InChI is InChI=1S/C24H23BrClN5O2S.ClH/c1-32-22-14-17(13-20(25)23(22)33-16-18-7-5-6-10-21(18)26)15-27-11-12-34-24-28-29-30-31(24)19-8-3-2-4-9-19;/h2-10,13-14,27H,11-12,15-16H2,1H3;1H. The summed E-state index contributed by atoms with van der Waals surface area (Å²) in [5.74, 6) is 2.13. The van der Waals surface area contributed by atoms with E-state index in [0.717, 1.165) is 38.7 Å². The number of benzene rings is 3. The van der Waals surface area contributed by atoms with Crippen molar-refractivity contribution in [1.82, 2.24) is 25.5 Å². The van der Waals surface area contributed by atoms with Crippen LogP contribution in [-0.4, -0.2) is 39.6 Å². The second-order valence-corrected chi connectivity index (χ2v) is 9.55. The number of methoxy groups -OCH3 is 1. The van der Waals surface area contributed by atoms with Crippen LogP contribution in [0.3, 0.4) is 0 Å². The Hall–Kier alpha value is -2.30. The van der Waals surface area contributed by atoms with Gasteiger partial charge in [-0.25, -0.2) is 0 Å². The Labute approximate surface area is 228 Å². The van der Waals surface area contributed by atoms with Gasteiger partial charge < -0.3 is 14.8 Å². The van der Waals surface area contributed by atoms with E-state index in [1.54, 1.807) is 23.6 Å². The van der Waals surface area contributed by atoms with E-state index in [9.17, 15) is 0 Å². The van der Waals surface area contributed by atoms with Gasteiger partial charge in [-0.15, -0.1) is 17.5 Å². The average molecular weight is 597 g/mol. The van der Waals surface area contributed by atoms with Crippen molar-refractivity contribution in [1.29, 1.82) is 0 Å². The summed E-state index contributed by atoms with van der Waals surface area (Å²) in [5, 5.41) is 16.9. The number of thioether (sulfide) groups is 1. The van der Waals surface area contributed by atoms with Gasteiger partial charge >= 0.3 is 0 Å². The predicted octanol–water partition coefficient (Wildman–Crippen LogP) is 5.97. The van der Waals surface area contributed by atoms with E-state index >= 15 is 0 Å². The minimum Gasteiger partial charge on any atom is -0.493 e. The number of tetrazole rings is 1. The van der Waals surface area contributed by atoms with Gasteiger partial charge in [0.15, 0.2) is 11.5 Å². The lowest BCUT2D eigenvalue weighted by Gasteiger charge is -2.15. The van der Waals surface area contributed by atoms with E-state index in [0.29, 0.717) is 29.7 Å². The first-order valence-corrected chi connectivity index (χ1v) is 12.7. The van der Waals surface area contributed by atoms with Crippen LogP contribution < -0.4 is 14.8 Å². The number of nitrogens with one attached hydrogen (secondary N) is 1. The number of nitrogens with zero attached hydrogens (tertiary/aromatic N) is 4. The van der Waals surface area contributed by atoms with E-state index in [2.05, 4.69) is 36.8 Å². The van der Waals surface area contributed by atoms with Crippen LogP contribution in [0.25, 0.3) is 5.69 Å². The van der Waals surface area contributed by atoms with Crippen LogP contribution in [0.5, 0.6) is 11.5 Å². The molecule has 0 spiro atoms. The highest BCUT2D eigenvalue weighted by Crippen LogP contribution is 2.37. The summed E-state index contributed by atoms with van der Waals surface area (Å²) in [4.78, 5) is 0. The molecule has 0 radical (unpaired) electrons. The van der Waals surface area contributed by atoms with Crippen molar-refractivity contribution in [2.45, 2.75) is 18.3 Å². The van der Waals surface area contributed by atoms with Crippen molar-refractivity contribution in [3.63, 3.8) is 0 Å². The fourth-order valence-corrected chi connectivity index (χ4v) is 4.81. The third-order valence-corrected chi connectivity index (χ3v) is 6.78. The van der Waals surface area contributed by atoms with Crippen LogP contribution in [0.15, 0.2) is 76.4 Å². The number of aromatic nitrogens is 4. The van der Waals surface area contributed by atoms with E-state index in [1.165, 1.54) is 0 Å². The Morgan fingerprint density at radius 2 is 1.86 bits per heavy atom. The molecule has 4 aromatic rings. The maximum Gasteiger partial charge on any atom is 0.214 e. The fraction of sp³-hybridized carbons (Fsp3) is 0.208. The summed E-state index contributed by atoms with van der Waals surface area (Å²) in [6.45, 7) is 1.83. The van der Waals surface area contributed by atoms with Gasteiger partial charge in [-0.2, -0.15) is 4.68 Å². The lowest BCUT2D eigenvalue weighted by molar-refractivity contribution is 0.282. The molecule has 0 amide bonds. The average Bonchev–Trinajstić information content (AvgIpc) is 3.33. The zero-order valence-corrected chi connectivity index (χ0v) is 22.8. The van der Waals surface area contributed by atoms with E-state index in [1.807, 2.05) is 66.7 Å². The van der Waals surface area contributed by atoms with E-state index < -0.39 is 0 Å². The Balaban J connectivity index is 0.00000342. The molecule has 184 valence electrons. The second kappa shape index (κ2) is 13.7. The van der Waals surface area contributed by atoms with Crippen LogP contribution in [0.2, 0.25) is 5.02 Å². The molecule has 0 saturated carbocycles. The summed E-state index contributed by atoms with van der Waals surface area (Å²) in [5.41, 5.74) is 2.93. The predicted molar refractivity (Wildman–Crippen MR) is 145 cm³/mol. The molecule has 0 saturated heterocycles. The lowest BCUT2D eigenvalue weighted by atomic mass is 10.2. The highest BCUT2D eigenvalue weighted by atomic mass is 79.9. The summed E-state index contributed by atoms with van der Waals surface area (Å²) >= 11 is 11.5. The van der Waals surface area contributed by atoms with Gasteiger partial charge in [0.25, 0.3) is 0 Å². The number of halogens is 3. The molecule has 1 heterocycles. The highest BCUT2D eigenvalue weighted by Gasteiger charge is 2.13. The quantitative estimate of drug-likeness (QED) is 0.169. The number of ether oxygens (including phenoxy) is 2. The first-order valence-electron chi connectivity index (χ1n) is 10.6. The molecule has 0 bridgehead atoms. The first kappa shape index (κ1) is 27.3. The minimum absolute atomic E-state index is 0. The van der Waals surface area contributed by atoms with Gasteiger partial charge in [-0.1, -0.05) is 59.8 Å². The van der Waals surface area contributed by atoms with Crippen LogP contribution in [-0.2, 0) is 13.2 Å². The van der Waals surface area contributed by atoms with E-state index in [4.69, 9.17) is 21.1 Å². The third-order valence-electron chi connectivity index (χ3n) is 4.90. The van der Waals surface area contributed by atoms with Crippen LogP contribution in [0.1, 0.15) is 11.1 Å². The Kier molecular flexibility index (Phi) is 10.7. The molecular weight excluding hydrogens is 573 g/mol. The lowest BCUT2D eigenvalue weighted by Crippen LogP contribution is -2.17. The van der Waals surface area contributed by atoms with Crippen molar-refractivity contribution in [3.05, 3.63) is 87.4 Å². The molecular formula is C24H24BrCl2N5O2S. The van der Waals surface area contributed by atoms with Gasteiger partial charge in [-0.3, -0.25) is 0 Å². The number of rotatable bonds is 11. The molecule has 4 rings (SSSR count). The molecule has 0 aliphatic carbocycles. The Morgan fingerprint density at radius 1 is 1.09 bits per heavy atom. The van der Waals surface area contributed by atoms with E-state index in [-0.39, 0.29) is 12.4 Å². The molecule has 1 N–H and O–H groups in total. The second-order valence-electron chi connectivity index (χ2n) is 7.22. The molecule has 3 aromatic carbocycles. The molecule has 0 fully saturated rings. The van der Waals surface area contributed by atoms with Gasteiger partial charge in [0.1, 0.15) is 6.61 Å². The molecule has 0 aliphatic rings. The van der Waals surface area contributed by atoms with Crippen LogP contribution >= 0.6 is 51.7 Å². The summed E-state index contributed by atoms with van der Waals surface area (Å²) in [6.07, 6.45) is 0. The normalized spacial score (nSPS) is 10.6. The Bertz CT molecular complexity index is 1230. The molecule has 0 aliphatic heterocycles. The van der Waals surface area contributed by atoms with Crippen LogP contribution in [0, 0.1) is 0 Å². The maximum atomic E-state index is 6.24. The van der Waals surface area contributed by atoms with Crippen molar-refractivity contribution in [2.24, 2.45) is 0 Å². The minimum atomic E-state index is 0. The fourth-order valence-electron chi connectivity index (χ4n) is 3.23. The van der Waals surface area contributed by atoms with Crippen molar-refractivity contribution in [3.8, 4) is 17.2 Å². The molecule has 7 nitrogen and oxygen atoms in total. The zero-order valence-electron chi connectivity index (χ0n) is 18.9. The van der Waals surface area contributed by atoms with Crippen molar-refractivity contribution in [2.75, 3.05) is 19.4 Å². The van der Waals surface area contributed by atoms with Gasteiger partial charge in [-0.05, 0) is 62.3 Å². The van der Waals surface area contributed by atoms with Crippen molar-refractivity contribution < 1.29 is 9.47 Å². The largest absolute Gasteiger partial charge is 0.493 e. The Morgan fingerprint density at radius 3 is 2.63 bits per heavy atom. The van der Waals surface area contributed by atoms with Gasteiger partial charge in [0.05, 0.1) is 17.3 Å². The van der Waals surface area contributed by atoms with Crippen molar-refractivity contribution >= 4 is 51.7 Å². The summed E-state index contributed by atoms with van der Waals surface area (Å²) < 4.78 is 14.2. The SMILES string of the molecule is COc1cc(CNCCSc2nnnn2-c2ccccc2)cc(Br)c1OCc1ccccc1Cl.Cl. The van der Waals surface area contributed by atoms with Gasteiger partial charge in [0, 0.05) is 29.4 Å². The molecule has 0 atom stereocenters. The molecule has 0 unspecified atom stereocenters. The summed E-state index contributed by atoms with van der Waals surface area (Å²) in [6, 6.07) is 21.5. The van der Waals surface area contributed by atoms with Crippen LogP contribution in [0.4, 0.5) is 0 Å².